The quantitative estimate of drug-likeness (QED) is 0.814. The zero-order valence-electron chi connectivity index (χ0n) is 7.48. The summed E-state index contributed by atoms with van der Waals surface area (Å²) in [4.78, 5) is 14.7. The van der Waals surface area contributed by atoms with Crippen molar-refractivity contribution >= 4 is 29.3 Å². The summed E-state index contributed by atoms with van der Waals surface area (Å²) >= 11 is 0. The van der Waals surface area contributed by atoms with Crippen molar-refractivity contribution in [1.29, 1.82) is 0 Å². The molecule has 15 heavy (non-hydrogen) atoms. The van der Waals surface area contributed by atoms with Crippen molar-refractivity contribution in [2.75, 3.05) is 0 Å². The molecule has 0 radical (unpaired) electrons. The number of nitrogens with zero attached hydrogens (tertiary/aromatic N) is 1. The molecule has 0 amide bonds. The van der Waals surface area contributed by atoms with Crippen molar-refractivity contribution < 1.29 is 14.3 Å². The minimum absolute atomic E-state index is 0. The summed E-state index contributed by atoms with van der Waals surface area (Å²) in [5.74, 6) is -1.55. The normalized spacial score (nSPS) is 9.67. The minimum Gasteiger partial charge on any atom is -0.478 e. The molecular formula is C10H7ClFNO2. The first-order valence-corrected chi connectivity index (χ1v) is 3.96. The average Bonchev–Trinajstić information content (AvgIpc) is 2.16. The fourth-order valence-electron chi connectivity index (χ4n) is 1.30. The van der Waals surface area contributed by atoms with Crippen LogP contribution in [0.3, 0.4) is 0 Å². The van der Waals surface area contributed by atoms with Gasteiger partial charge in [0.2, 0.25) is 0 Å². The van der Waals surface area contributed by atoms with E-state index in [-0.39, 0.29) is 18.0 Å². The Hall–Kier alpha value is -1.68. The number of hydrogen-bond acceptors (Lipinski definition) is 2. The Kier molecular flexibility index (Phi) is 3.21. The number of pyridine rings is 1. The van der Waals surface area contributed by atoms with E-state index in [0.29, 0.717) is 10.9 Å². The minimum atomic E-state index is -1.08. The van der Waals surface area contributed by atoms with Crippen molar-refractivity contribution in [2.24, 2.45) is 0 Å². The zero-order valence-corrected chi connectivity index (χ0v) is 8.29. The van der Waals surface area contributed by atoms with Crippen LogP contribution >= 0.6 is 12.4 Å². The third-order valence-corrected chi connectivity index (χ3v) is 1.93. The fraction of sp³-hybridized carbons (Fsp3) is 0. The number of carboxylic acid groups (broad SMARTS) is 1. The molecule has 1 heterocycles. The smallest absolute Gasteiger partial charge is 0.336 e. The van der Waals surface area contributed by atoms with Gasteiger partial charge in [-0.3, -0.25) is 4.98 Å². The van der Waals surface area contributed by atoms with Crippen LogP contribution in [0.5, 0.6) is 0 Å². The third-order valence-electron chi connectivity index (χ3n) is 1.93. The van der Waals surface area contributed by atoms with Crippen molar-refractivity contribution in [3.63, 3.8) is 0 Å². The second-order valence-corrected chi connectivity index (χ2v) is 2.83. The maximum Gasteiger partial charge on any atom is 0.336 e. The Morgan fingerprint density at radius 1 is 1.33 bits per heavy atom. The second-order valence-electron chi connectivity index (χ2n) is 2.83. The van der Waals surface area contributed by atoms with Gasteiger partial charge >= 0.3 is 5.97 Å². The van der Waals surface area contributed by atoms with E-state index < -0.39 is 11.8 Å². The second kappa shape index (κ2) is 4.23. The topological polar surface area (TPSA) is 50.2 Å². The molecular weight excluding hydrogens is 221 g/mol. The first-order valence-electron chi connectivity index (χ1n) is 3.96. The molecule has 5 heteroatoms. The lowest BCUT2D eigenvalue weighted by atomic mass is 10.1. The zero-order chi connectivity index (χ0) is 10.1. The molecule has 0 aliphatic rings. The highest BCUT2D eigenvalue weighted by Gasteiger charge is 2.08. The van der Waals surface area contributed by atoms with Crippen molar-refractivity contribution in [3.05, 3.63) is 41.8 Å². The summed E-state index contributed by atoms with van der Waals surface area (Å²) in [6.07, 6.45) is 1.39. The number of aromatic nitrogens is 1. The fourth-order valence-corrected chi connectivity index (χ4v) is 1.30. The van der Waals surface area contributed by atoms with E-state index in [2.05, 4.69) is 4.98 Å². The van der Waals surface area contributed by atoms with E-state index in [1.165, 1.54) is 30.5 Å². The number of rotatable bonds is 1. The van der Waals surface area contributed by atoms with Crippen LogP contribution in [0, 0.1) is 5.82 Å². The number of carboxylic acids is 1. The molecule has 0 bridgehead atoms. The van der Waals surface area contributed by atoms with E-state index in [0.717, 1.165) is 0 Å². The summed E-state index contributed by atoms with van der Waals surface area (Å²) < 4.78 is 12.9. The molecule has 3 nitrogen and oxygen atoms in total. The molecule has 2 aromatic rings. The highest BCUT2D eigenvalue weighted by atomic mass is 35.5. The highest BCUT2D eigenvalue weighted by molar-refractivity contribution is 6.02. The largest absolute Gasteiger partial charge is 0.478 e. The van der Waals surface area contributed by atoms with Gasteiger partial charge < -0.3 is 5.11 Å². The van der Waals surface area contributed by atoms with Crippen LogP contribution < -0.4 is 0 Å². The predicted octanol–water partition coefficient (Wildman–Crippen LogP) is 2.49. The van der Waals surface area contributed by atoms with Gasteiger partial charge in [0.15, 0.2) is 0 Å². The first-order chi connectivity index (χ1) is 6.68. The van der Waals surface area contributed by atoms with E-state index in [1.54, 1.807) is 0 Å². The molecule has 0 saturated carbocycles. The Balaban J connectivity index is 0.00000112. The van der Waals surface area contributed by atoms with Crippen LogP contribution in [0.2, 0.25) is 0 Å². The standard InChI is InChI=1S/C10H6FNO2.ClH/c11-6-1-2-9-8(5-6)7(10(13)14)3-4-12-9;/h1-5H,(H,13,14);1H. The number of carbonyl (C=O) groups is 1. The molecule has 78 valence electrons. The number of aromatic carboxylic acids is 1. The van der Waals surface area contributed by atoms with Crippen molar-refractivity contribution in [3.8, 4) is 0 Å². The predicted molar refractivity (Wildman–Crippen MR) is 55.9 cm³/mol. The summed E-state index contributed by atoms with van der Waals surface area (Å²) in [5, 5.41) is 9.14. The Bertz CT molecular complexity index is 516. The van der Waals surface area contributed by atoms with Gasteiger partial charge in [0.25, 0.3) is 0 Å². The summed E-state index contributed by atoms with van der Waals surface area (Å²) in [7, 11) is 0. The SMILES string of the molecule is Cl.O=C(O)c1ccnc2ccc(F)cc12. The molecule has 0 spiro atoms. The molecule has 0 aliphatic heterocycles. The molecule has 1 aromatic heterocycles. The van der Waals surface area contributed by atoms with Gasteiger partial charge in [0.05, 0.1) is 11.1 Å². The van der Waals surface area contributed by atoms with Crippen LogP contribution in [-0.2, 0) is 0 Å². The van der Waals surface area contributed by atoms with Crippen molar-refractivity contribution in [2.45, 2.75) is 0 Å². The Morgan fingerprint density at radius 3 is 2.73 bits per heavy atom. The van der Waals surface area contributed by atoms with E-state index in [9.17, 15) is 9.18 Å². The Morgan fingerprint density at radius 2 is 2.07 bits per heavy atom. The van der Waals surface area contributed by atoms with Gasteiger partial charge in [-0.05, 0) is 24.3 Å². The Labute approximate surface area is 91.0 Å². The van der Waals surface area contributed by atoms with Crippen LogP contribution in [-0.4, -0.2) is 16.1 Å². The lowest BCUT2D eigenvalue weighted by molar-refractivity contribution is 0.0699. The summed E-state index contributed by atoms with van der Waals surface area (Å²) in [6.45, 7) is 0. The van der Waals surface area contributed by atoms with Gasteiger partial charge in [0.1, 0.15) is 5.82 Å². The molecule has 0 aliphatic carbocycles. The van der Waals surface area contributed by atoms with E-state index in [4.69, 9.17) is 5.11 Å². The van der Waals surface area contributed by atoms with Gasteiger partial charge in [-0.1, -0.05) is 0 Å². The first kappa shape index (κ1) is 11.4. The summed E-state index contributed by atoms with van der Waals surface area (Å²) in [5.41, 5.74) is 0.542. The van der Waals surface area contributed by atoms with Gasteiger partial charge in [0, 0.05) is 11.6 Å². The molecule has 1 N–H and O–H groups in total. The lowest BCUT2D eigenvalue weighted by Gasteiger charge is -2.00. The number of fused-ring (bicyclic) bond motifs is 1. The molecule has 2 rings (SSSR count). The number of hydrogen-bond donors (Lipinski definition) is 1. The van der Waals surface area contributed by atoms with E-state index in [1.807, 2.05) is 0 Å². The maximum atomic E-state index is 12.9. The molecule has 1 aromatic carbocycles. The highest BCUT2D eigenvalue weighted by Crippen LogP contribution is 2.17. The van der Waals surface area contributed by atoms with Crippen LogP contribution in [0.15, 0.2) is 30.5 Å². The molecule has 0 atom stereocenters. The maximum absolute atomic E-state index is 12.9. The molecule has 0 unspecified atom stereocenters. The van der Waals surface area contributed by atoms with Gasteiger partial charge in [-0.15, -0.1) is 12.4 Å². The molecule has 0 fully saturated rings. The van der Waals surface area contributed by atoms with Crippen LogP contribution in [0.25, 0.3) is 10.9 Å². The molecule has 0 saturated heterocycles. The van der Waals surface area contributed by atoms with Gasteiger partial charge in [-0.2, -0.15) is 0 Å². The van der Waals surface area contributed by atoms with Crippen molar-refractivity contribution in [1.82, 2.24) is 4.98 Å². The van der Waals surface area contributed by atoms with Crippen LogP contribution in [0.1, 0.15) is 10.4 Å². The van der Waals surface area contributed by atoms with Crippen LogP contribution in [0.4, 0.5) is 4.39 Å². The summed E-state index contributed by atoms with van der Waals surface area (Å²) in [6, 6.07) is 5.23. The lowest BCUT2D eigenvalue weighted by Crippen LogP contribution is -1.98. The average molecular weight is 228 g/mol. The number of benzene rings is 1. The third kappa shape index (κ3) is 2.05. The van der Waals surface area contributed by atoms with Gasteiger partial charge in [-0.25, -0.2) is 9.18 Å². The van der Waals surface area contributed by atoms with E-state index >= 15 is 0 Å². The monoisotopic (exact) mass is 227 g/mol. The number of halogens is 2.